The highest BCUT2D eigenvalue weighted by Crippen LogP contribution is 2.13. The minimum Gasteiger partial charge on any atom is -0.178 e. The zero-order chi connectivity index (χ0) is 8.10. The molecule has 0 amide bonds. The summed E-state index contributed by atoms with van der Waals surface area (Å²) in [7, 11) is 0. The Kier molecular flexibility index (Phi) is 3.55. The molecule has 0 aliphatic heterocycles. The molecule has 0 saturated carbocycles. The van der Waals surface area contributed by atoms with Crippen LogP contribution in [-0.4, -0.2) is 5.75 Å². The fourth-order valence-corrected chi connectivity index (χ4v) is 1.60. The van der Waals surface area contributed by atoms with E-state index in [-0.39, 0.29) is 0 Å². The summed E-state index contributed by atoms with van der Waals surface area (Å²) in [6.45, 7) is 2.08. The third kappa shape index (κ3) is 2.61. The summed E-state index contributed by atoms with van der Waals surface area (Å²) in [5, 5.41) is 2.07. The van der Waals surface area contributed by atoms with Crippen molar-refractivity contribution in [1.29, 1.82) is 0 Å². The molecule has 0 bridgehead atoms. The van der Waals surface area contributed by atoms with Gasteiger partial charge in [0.15, 0.2) is 0 Å². The maximum absolute atomic E-state index is 4.08. The van der Waals surface area contributed by atoms with Crippen LogP contribution in [0.4, 0.5) is 0 Å². The molecule has 0 fully saturated rings. The summed E-state index contributed by atoms with van der Waals surface area (Å²) < 4.78 is 0. The first kappa shape index (κ1) is 8.70. The number of hydrogen-bond acceptors (Lipinski definition) is 2. The van der Waals surface area contributed by atoms with Crippen LogP contribution in [0, 0.1) is 18.8 Å². The van der Waals surface area contributed by atoms with Gasteiger partial charge in [0.25, 0.3) is 0 Å². The normalized spacial score (nSPS) is 8.91. The molecule has 0 unspecified atom stereocenters. The molecule has 0 aliphatic carbocycles. The van der Waals surface area contributed by atoms with Crippen LogP contribution in [0.15, 0.2) is 11.4 Å². The molecular weight excluding hydrogens is 172 g/mol. The Morgan fingerprint density at radius 1 is 1.64 bits per heavy atom. The van der Waals surface area contributed by atoms with Gasteiger partial charge < -0.3 is 0 Å². The number of hydrogen-bond donors (Lipinski definition) is 1. The van der Waals surface area contributed by atoms with E-state index in [9.17, 15) is 0 Å². The first-order chi connectivity index (χ1) is 5.34. The predicted octanol–water partition coefficient (Wildman–Crippen LogP) is 2.73. The van der Waals surface area contributed by atoms with Gasteiger partial charge in [0, 0.05) is 12.2 Å². The fourth-order valence-electron chi connectivity index (χ4n) is 0.699. The van der Waals surface area contributed by atoms with Crippen molar-refractivity contribution in [2.75, 3.05) is 5.75 Å². The van der Waals surface area contributed by atoms with Crippen LogP contribution in [0.1, 0.15) is 16.9 Å². The van der Waals surface area contributed by atoms with Crippen LogP contribution >= 0.6 is 24.0 Å². The van der Waals surface area contributed by atoms with Gasteiger partial charge in [0.05, 0.1) is 4.88 Å². The van der Waals surface area contributed by atoms with Gasteiger partial charge in [-0.1, -0.05) is 11.8 Å². The van der Waals surface area contributed by atoms with Crippen LogP contribution < -0.4 is 0 Å². The number of thiophene rings is 1. The molecule has 0 radical (unpaired) electrons. The van der Waals surface area contributed by atoms with Crippen LogP contribution in [0.5, 0.6) is 0 Å². The van der Waals surface area contributed by atoms with Gasteiger partial charge >= 0.3 is 0 Å². The summed E-state index contributed by atoms with van der Waals surface area (Å²) in [6, 6.07) is 2.09. The molecule has 0 saturated heterocycles. The molecule has 0 nitrogen and oxygen atoms in total. The van der Waals surface area contributed by atoms with Gasteiger partial charge in [0.2, 0.25) is 0 Å². The largest absolute Gasteiger partial charge is 0.178 e. The smallest absolute Gasteiger partial charge is 0.0797 e. The first-order valence-electron chi connectivity index (χ1n) is 3.48. The minimum atomic E-state index is 0.845. The van der Waals surface area contributed by atoms with E-state index in [1.165, 1.54) is 10.4 Å². The molecule has 1 aromatic rings. The Morgan fingerprint density at radius 2 is 2.45 bits per heavy atom. The highest BCUT2D eigenvalue weighted by molar-refractivity contribution is 7.80. The Balaban J connectivity index is 2.65. The first-order valence-corrected chi connectivity index (χ1v) is 4.99. The van der Waals surface area contributed by atoms with Crippen molar-refractivity contribution >= 4 is 24.0 Å². The van der Waals surface area contributed by atoms with E-state index in [4.69, 9.17) is 0 Å². The lowest BCUT2D eigenvalue weighted by Gasteiger charge is -1.83. The maximum atomic E-state index is 4.08. The number of aryl methyl sites for hydroxylation is 1. The number of rotatable bonds is 1. The van der Waals surface area contributed by atoms with Crippen LogP contribution in [0.3, 0.4) is 0 Å². The van der Waals surface area contributed by atoms with E-state index in [1.54, 1.807) is 11.3 Å². The zero-order valence-corrected chi connectivity index (χ0v) is 8.14. The minimum absolute atomic E-state index is 0.845. The second-order valence-electron chi connectivity index (χ2n) is 2.21. The van der Waals surface area contributed by atoms with Crippen molar-refractivity contribution in [3.63, 3.8) is 0 Å². The lowest BCUT2D eigenvalue weighted by atomic mass is 10.3. The molecule has 11 heavy (non-hydrogen) atoms. The summed E-state index contributed by atoms with van der Waals surface area (Å²) in [5.41, 5.74) is 1.28. The van der Waals surface area contributed by atoms with Crippen molar-refractivity contribution in [3.8, 4) is 11.8 Å². The third-order valence-corrected chi connectivity index (χ3v) is 2.46. The highest BCUT2D eigenvalue weighted by atomic mass is 32.1. The molecule has 0 atom stereocenters. The molecule has 0 spiro atoms. The maximum Gasteiger partial charge on any atom is 0.0797 e. The second kappa shape index (κ2) is 4.48. The monoisotopic (exact) mass is 182 g/mol. The predicted molar refractivity (Wildman–Crippen MR) is 54.4 cm³/mol. The van der Waals surface area contributed by atoms with E-state index in [2.05, 4.69) is 42.8 Å². The Hall–Kier alpha value is -0.390. The van der Waals surface area contributed by atoms with Crippen molar-refractivity contribution in [3.05, 3.63) is 21.9 Å². The molecule has 0 aliphatic rings. The molecule has 1 heterocycles. The molecule has 1 aromatic heterocycles. The van der Waals surface area contributed by atoms with E-state index in [1.807, 2.05) is 0 Å². The lowest BCUT2D eigenvalue weighted by Crippen LogP contribution is -1.71. The van der Waals surface area contributed by atoms with E-state index in [0.29, 0.717) is 0 Å². The van der Waals surface area contributed by atoms with Crippen molar-refractivity contribution in [1.82, 2.24) is 0 Å². The molecule has 1 rings (SSSR count). The summed E-state index contributed by atoms with van der Waals surface area (Å²) >= 11 is 5.78. The van der Waals surface area contributed by atoms with Crippen LogP contribution in [-0.2, 0) is 0 Å². The fraction of sp³-hybridized carbons (Fsp3) is 0.333. The Bertz CT molecular complexity index is 275. The van der Waals surface area contributed by atoms with Gasteiger partial charge in [-0.05, 0) is 23.9 Å². The van der Waals surface area contributed by atoms with Gasteiger partial charge in [-0.3, -0.25) is 0 Å². The molecule has 2 heteroatoms. The Labute approximate surface area is 77.1 Å². The van der Waals surface area contributed by atoms with Crippen LogP contribution in [0.25, 0.3) is 0 Å². The van der Waals surface area contributed by atoms with Crippen LogP contribution in [0.2, 0.25) is 0 Å². The SMILES string of the molecule is Cc1ccsc1C#CCCS. The molecule has 0 N–H and O–H groups in total. The molecule has 0 aromatic carbocycles. The summed E-state index contributed by atoms with van der Waals surface area (Å²) in [4.78, 5) is 1.19. The van der Waals surface area contributed by atoms with Gasteiger partial charge in [0.1, 0.15) is 0 Å². The van der Waals surface area contributed by atoms with Crippen molar-refractivity contribution < 1.29 is 0 Å². The average Bonchev–Trinajstić information content (AvgIpc) is 2.37. The standard InChI is InChI=1S/C9H10S2/c1-8-5-7-11-9(8)4-2-3-6-10/h5,7,10H,3,6H2,1H3. The van der Waals surface area contributed by atoms with E-state index >= 15 is 0 Å². The highest BCUT2D eigenvalue weighted by Gasteiger charge is 1.92. The number of thiol groups is 1. The summed E-state index contributed by atoms with van der Waals surface area (Å²) in [6.07, 6.45) is 0.875. The lowest BCUT2D eigenvalue weighted by molar-refractivity contribution is 1.31. The van der Waals surface area contributed by atoms with Gasteiger partial charge in [-0.15, -0.1) is 11.3 Å². The van der Waals surface area contributed by atoms with E-state index < -0.39 is 0 Å². The second-order valence-corrected chi connectivity index (χ2v) is 3.57. The third-order valence-electron chi connectivity index (χ3n) is 1.30. The van der Waals surface area contributed by atoms with E-state index in [0.717, 1.165) is 12.2 Å². The zero-order valence-electron chi connectivity index (χ0n) is 6.42. The summed E-state index contributed by atoms with van der Waals surface area (Å²) in [5.74, 6) is 7.02. The van der Waals surface area contributed by atoms with Gasteiger partial charge in [-0.2, -0.15) is 12.6 Å². The quantitative estimate of drug-likeness (QED) is 0.501. The Morgan fingerprint density at radius 3 is 3.00 bits per heavy atom. The molecular formula is C9H10S2. The topological polar surface area (TPSA) is 0 Å². The van der Waals surface area contributed by atoms with Gasteiger partial charge in [-0.25, -0.2) is 0 Å². The van der Waals surface area contributed by atoms with Crippen molar-refractivity contribution in [2.45, 2.75) is 13.3 Å². The average molecular weight is 182 g/mol. The van der Waals surface area contributed by atoms with Crippen molar-refractivity contribution in [2.24, 2.45) is 0 Å². The molecule has 58 valence electrons.